The summed E-state index contributed by atoms with van der Waals surface area (Å²) < 4.78 is 23.2. The molecule has 5 nitrogen and oxygen atoms in total. The van der Waals surface area contributed by atoms with E-state index in [-0.39, 0.29) is 29.8 Å². The predicted octanol–water partition coefficient (Wildman–Crippen LogP) is 3.89. The number of aromatic amines is 1. The molecule has 0 saturated carbocycles. The van der Waals surface area contributed by atoms with Gasteiger partial charge < -0.3 is 10.3 Å². The largest absolute Gasteiger partial charge is 0.354 e. The van der Waals surface area contributed by atoms with Crippen molar-refractivity contribution in [2.45, 2.75) is 33.2 Å². The quantitative estimate of drug-likeness (QED) is 0.670. The standard InChI is InChI=1S/C23H26N2O3S/c1-15-10-19(13-24-21(26)12-17-8-9-29(27,28)14-17)23-20(11-15)16(2)22(25-23)18-6-4-3-5-7-18/h3-7,10-11,17,25H,8-9,12-14H2,1-2H3,(H,24,26). The number of amides is 1. The molecule has 1 amide bonds. The molecular weight excluding hydrogens is 384 g/mol. The highest BCUT2D eigenvalue weighted by Gasteiger charge is 2.29. The van der Waals surface area contributed by atoms with Gasteiger partial charge in [-0.1, -0.05) is 42.0 Å². The van der Waals surface area contributed by atoms with Crippen molar-refractivity contribution < 1.29 is 13.2 Å². The number of aromatic nitrogens is 1. The highest BCUT2D eigenvalue weighted by Crippen LogP contribution is 2.32. The topological polar surface area (TPSA) is 79.0 Å². The van der Waals surface area contributed by atoms with E-state index in [1.807, 2.05) is 18.2 Å². The molecule has 0 bridgehead atoms. The molecule has 1 saturated heterocycles. The monoisotopic (exact) mass is 410 g/mol. The second-order valence-electron chi connectivity index (χ2n) is 8.09. The number of fused-ring (bicyclic) bond motifs is 1. The Kier molecular flexibility index (Phi) is 5.21. The minimum atomic E-state index is -2.96. The van der Waals surface area contributed by atoms with Crippen LogP contribution in [0.2, 0.25) is 0 Å². The molecule has 1 atom stereocenters. The summed E-state index contributed by atoms with van der Waals surface area (Å²) in [6, 6.07) is 14.5. The van der Waals surface area contributed by atoms with Crippen molar-refractivity contribution in [1.29, 1.82) is 0 Å². The lowest BCUT2D eigenvalue weighted by Gasteiger charge is -2.10. The first-order valence-electron chi connectivity index (χ1n) is 9.97. The van der Waals surface area contributed by atoms with E-state index in [2.05, 4.69) is 48.4 Å². The second-order valence-corrected chi connectivity index (χ2v) is 10.3. The highest BCUT2D eigenvalue weighted by molar-refractivity contribution is 7.91. The summed E-state index contributed by atoms with van der Waals surface area (Å²) in [7, 11) is -2.96. The van der Waals surface area contributed by atoms with Crippen LogP contribution in [0.15, 0.2) is 42.5 Å². The molecule has 0 aliphatic carbocycles. The van der Waals surface area contributed by atoms with Gasteiger partial charge in [0.1, 0.15) is 0 Å². The zero-order valence-electron chi connectivity index (χ0n) is 16.8. The van der Waals surface area contributed by atoms with Crippen LogP contribution in [-0.4, -0.2) is 30.8 Å². The SMILES string of the molecule is Cc1cc(CNC(=O)CC2CCS(=O)(=O)C2)c2[nH]c(-c3ccccc3)c(C)c2c1. The van der Waals surface area contributed by atoms with Gasteiger partial charge in [0, 0.05) is 24.0 Å². The average molecular weight is 411 g/mol. The number of H-pyrrole nitrogens is 1. The smallest absolute Gasteiger partial charge is 0.220 e. The van der Waals surface area contributed by atoms with Crippen molar-refractivity contribution in [3.63, 3.8) is 0 Å². The molecule has 1 unspecified atom stereocenters. The molecule has 3 aromatic rings. The Hall–Kier alpha value is -2.60. The Morgan fingerprint density at radius 1 is 1.17 bits per heavy atom. The molecule has 1 aromatic heterocycles. The molecule has 6 heteroatoms. The van der Waals surface area contributed by atoms with Crippen molar-refractivity contribution in [3.05, 3.63) is 59.2 Å². The van der Waals surface area contributed by atoms with Crippen LogP contribution in [0, 0.1) is 19.8 Å². The Morgan fingerprint density at radius 3 is 2.62 bits per heavy atom. The minimum Gasteiger partial charge on any atom is -0.354 e. The molecule has 1 aliphatic rings. The van der Waals surface area contributed by atoms with Crippen molar-refractivity contribution in [2.24, 2.45) is 5.92 Å². The molecule has 0 spiro atoms. The zero-order valence-corrected chi connectivity index (χ0v) is 17.6. The Bertz CT molecular complexity index is 1160. The van der Waals surface area contributed by atoms with E-state index in [0.717, 1.165) is 33.3 Å². The number of sulfone groups is 1. The van der Waals surface area contributed by atoms with Crippen LogP contribution < -0.4 is 5.32 Å². The number of hydrogen-bond donors (Lipinski definition) is 2. The van der Waals surface area contributed by atoms with Gasteiger partial charge in [-0.3, -0.25) is 4.79 Å². The summed E-state index contributed by atoms with van der Waals surface area (Å²) in [6.07, 6.45) is 0.855. The molecule has 0 radical (unpaired) electrons. The van der Waals surface area contributed by atoms with Crippen LogP contribution in [-0.2, 0) is 21.2 Å². The second kappa shape index (κ2) is 7.67. The van der Waals surface area contributed by atoms with Gasteiger partial charge in [-0.05, 0) is 48.9 Å². The van der Waals surface area contributed by atoms with Crippen LogP contribution >= 0.6 is 0 Å². The zero-order chi connectivity index (χ0) is 20.6. The van der Waals surface area contributed by atoms with Crippen LogP contribution in [0.5, 0.6) is 0 Å². The van der Waals surface area contributed by atoms with Crippen LogP contribution in [0.3, 0.4) is 0 Å². The Labute approximate surface area is 171 Å². The van der Waals surface area contributed by atoms with Gasteiger partial charge in [0.2, 0.25) is 5.91 Å². The third-order valence-electron chi connectivity index (χ3n) is 5.73. The summed E-state index contributed by atoms with van der Waals surface area (Å²) in [5.74, 6) is 0.182. The lowest BCUT2D eigenvalue weighted by atomic mass is 10.0. The van der Waals surface area contributed by atoms with Crippen LogP contribution in [0.1, 0.15) is 29.5 Å². The molecule has 4 rings (SSSR count). The normalized spacial score (nSPS) is 18.2. The molecule has 2 heterocycles. The van der Waals surface area contributed by atoms with E-state index in [1.54, 1.807) is 0 Å². The fourth-order valence-electron chi connectivity index (χ4n) is 4.25. The third-order valence-corrected chi connectivity index (χ3v) is 7.57. The molecule has 1 aliphatic heterocycles. The van der Waals surface area contributed by atoms with E-state index >= 15 is 0 Å². The first-order chi connectivity index (χ1) is 13.8. The molecule has 1 fully saturated rings. The number of nitrogens with one attached hydrogen (secondary N) is 2. The summed E-state index contributed by atoms with van der Waals surface area (Å²) >= 11 is 0. The Balaban J connectivity index is 1.55. The summed E-state index contributed by atoms with van der Waals surface area (Å²) in [5, 5.41) is 4.15. The highest BCUT2D eigenvalue weighted by atomic mass is 32.2. The van der Waals surface area contributed by atoms with Crippen LogP contribution in [0.25, 0.3) is 22.2 Å². The van der Waals surface area contributed by atoms with Crippen molar-refractivity contribution in [1.82, 2.24) is 10.3 Å². The van der Waals surface area contributed by atoms with Crippen molar-refractivity contribution in [2.75, 3.05) is 11.5 Å². The molecule has 2 N–H and O–H groups in total. The number of rotatable bonds is 5. The van der Waals surface area contributed by atoms with E-state index in [4.69, 9.17) is 0 Å². The number of aryl methyl sites for hydroxylation is 2. The van der Waals surface area contributed by atoms with Gasteiger partial charge >= 0.3 is 0 Å². The van der Waals surface area contributed by atoms with Crippen molar-refractivity contribution >= 4 is 26.6 Å². The third kappa shape index (κ3) is 4.22. The first kappa shape index (κ1) is 19.7. The minimum absolute atomic E-state index is 0.0602. The van der Waals surface area contributed by atoms with Gasteiger partial charge in [-0.25, -0.2) is 8.42 Å². The molecule has 2 aromatic carbocycles. The number of benzene rings is 2. The number of hydrogen-bond acceptors (Lipinski definition) is 3. The van der Waals surface area contributed by atoms with E-state index < -0.39 is 9.84 Å². The van der Waals surface area contributed by atoms with Gasteiger partial charge in [0.15, 0.2) is 9.84 Å². The van der Waals surface area contributed by atoms with Crippen molar-refractivity contribution in [3.8, 4) is 11.3 Å². The van der Waals surface area contributed by atoms with Crippen LogP contribution in [0.4, 0.5) is 0 Å². The fraction of sp³-hybridized carbons (Fsp3) is 0.348. The predicted molar refractivity (Wildman–Crippen MR) is 116 cm³/mol. The first-order valence-corrected chi connectivity index (χ1v) is 11.8. The summed E-state index contributed by atoms with van der Waals surface area (Å²) in [6.45, 7) is 4.59. The van der Waals surface area contributed by atoms with Gasteiger partial charge in [0.05, 0.1) is 17.0 Å². The van der Waals surface area contributed by atoms with E-state index in [0.29, 0.717) is 13.0 Å². The maximum Gasteiger partial charge on any atom is 0.220 e. The fourth-order valence-corrected chi connectivity index (χ4v) is 6.11. The van der Waals surface area contributed by atoms with Gasteiger partial charge in [-0.15, -0.1) is 0 Å². The Morgan fingerprint density at radius 2 is 1.93 bits per heavy atom. The number of carbonyl (C=O) groups excluding carboxylic acids is 1. The summed E-state index contributed by atoms with van der Waals surface area (Å²) in [4.78, 5) is 15.9. The van der Waals surface area contributed by atoms with E-state index in [9.17, 15) is 13.2 Å². The average Bonchev–Trinajstić information content (AvgIpc) is 3.19. The van der Waals surface area contributed by atoms with Gasteiger partial charge in [0.25, 0.3) is 0 Å². The molecule has 29 heavy (non-hydrogen) atoms. The number of carbonyl (C=O) groups is 1. The molecule has 152 valence electrons. The maximum absolute atomic E-state index is 12.4. The van der Waals surface area contributed by atoms with E-state index in [1.165, 1.54) is 5.56 Å². The lowest BCUT2D eigenvalue weighted by molar-refractivity contribution is -0.122. The lowest BCUT2D eigenvalue weighted by Crippen LogP contribution is -2.25. The summed E-state index contributed by atoms with van der Waals surface area (Å²) in [5.41, 5.74) is 6.64. The molecular formula is C23H26N2O3S. The van der Waals surface area contributed by atoms with Gasteiger partial charge in [-0.2, -0.15) is 0 Å². The maximum atomic E-state index is 12.4.